The third-order valence-electron chi connectivity index (χ3n) is 5.51. The average Bonchev–Trinajstić information content (AvgIpc) is 2.86. The van der Waals surface area contributed by atoms with Gasteiger partial charge in [0, 0.05) is 21.5 Å². The number of benzene rings is 4. The van der Waals surface area contributed by atoms with Gasteiger partial charge < -0.3 is 4.74 Å². The third-order valence-corrected chi connectivity index (χ3v) is 5.84. The Kier molecular flexibility index (Phi) is 5.59. The van der Waals surface area contributed by atoms with E-state index in [1.54, 1.807) is 18.2 Å². The molecule has 0 unspecified atom stereocenters. The Bertz CT molecular complexity index is 1520. The number of pyridine rings is 1. The van der Waals surface area contributed by atoms with E-state index in [4.69, 9.17) is 16.3 Å². The van der Waals surface area contributed by atoms with Crippen molar-refractivity contribution >= 4 is 45.0 Å². The topological polar surface area (TPSA) is 56.3 Å². The highest BCUT2D eigenvalue weighted by molar-refractivity contribution is 6.33. The van der Waals surface area contributed by atoms with Gasteiger partial charge in [0.25, 0.3) is 0 Å². The zero-order chi connectivity index (χ0) is 22.8. The standard InChI is InChI=1S/C28H18ClNO3/c29-24-14-5-3-12-22(24)26-16-23(20-11-4-6-15-25(20)30-26)28(32)33-17-27(31)21-13-7-9-18-8-1-2-10-19(18)21/h1-16H,17H2. The van der Waals surface area contributed by atoms with Crippen LogP contribution >= 0.6 is 11.6 Å². The van der Waals surface area contributed by atoms with E-state index >= 15 is 0 Å². The van der Waals surface area contributed by atoms with Crippen LogP contribution in [-0.4, -0.2) is 23.3 Å². The molecule has 4 nitrogen and oxygen atoms in total. The number of Topliss-reactive ketones (excluding diaryl/α,β-unsaturated/α-hetero) is 1. The highest BCUT2D eigenvalue weighted by Crippen LogP contribution is 2.30. The van der Waals surface area contributed by atoms with E-state index in [9.17, 15) is 9.59 Å². The molecular formula is C28H18ClNO3. The molecule has 5 rings (SSSR count). The lowest BCUT2D eigenvalue weighted by atomic mass is 10.0. The van der Waals surface area contributed by atoms with E-state index < -0.39 is 5.97 Å². The van der Waals surface area contributed by atoms with Gasteiger partial charge in [-0.15, -0.1) is 0 Å². The van der Waals surface area contributed by atoms with Crippen molar-refractivity contribution in [3.05, 3.63) is 113 Å². The van der Waals surface area contributed by atoms with Crippen LogP contribution in [0.4, 0.5) is 0 Å². The number of carbonyl (C=O) groups excluding carboxylic acids is 2. The van der Waals surface area contributed by atoms with Crippen molar-refractivity contribution < 1.29 is 14.3 Å². The maximum Gasteiger partial charge on any atom is 0.339 e. The molecule has 4 aromatic carbocycles. The number of rotatable bonds is 5. The van der Waals surface area contributed by atoms with Crippen LogP contribution in [0.5, 0.6) is 0 Å². The van der Waals surface area contributed by atoms with Crippen molar-refractivity contribution in [2.24, 2.45) is 0 Å². The van der Waals surface area contributed by atoms with Crippen LogP contribution < -0.4 is 0 Å². The molecule has 0 bridgehead atoms. The van der Waals surface area contributed by atoms with E-state index in [2.05, 4.69) is 4.98 Å². The Balaban J connectivity index is 1.47. The molecule has 0 saturated carbocycles. The van der Waals surface area contributed by atoms with Gasteiger partial charge in [0.2, 0.25) is 5.78 Å². The van der Waals surface area contributed by atoms with Crippen molar-refractivity contribution in [1.29, 1.82) is 0 Å². The van der Waals surface area contributed by atoms with Crippen LogP contribution in [0.15, 0.2) is 97.1 Å². The van der Waals surface area contributed by atoms with Crippen LogP contribution in [0, 0.1) is 0 Å². The fraction of sp³-hybridized carbons (Fsp3) is 0.0357. The minimum absolute atomic E-state index is 0.259. The molecule has 1 heterocycles. The van der Waals surface area contributed by atoms with Gasteiger partial charge in [-0.25, -0.2) is 9.78 Å². The Morgan fingerprint density at radius 1 is 0.758 bits per heavy atom. The summed E-state index contributed by atoms with van der Waals surface area (Å²) in [6.07, 6.45) is 0. The third kappa shape index (κ3) is 4.09. The highest BCUT2D eigenvalue weighted by atomic mass is 35.5. The van der Waals surface area contributed by atoms with Crippen LogP contribution in [0.3, 0.4) is 0 Å². The first-order chi connectivity index (χ1) is 16.1. The predicted molar refractivity (Wildman–Crippen MR) is 131 cm³/mol. The van der Waals surface area contributed by atoms with Gasteiger partial charge in [0.1, 0.15) is 0 Å². The lowest BCUT2D eigenvalue weighted by Crippen LogP contribution is -2.15. The molecule has 0 aliphatic rings. The Morgan fingerprint density at radius 3 is 2.30 bits per heavy atom. The van der Waals surface area contributed by atoms with E-state index in [-0.39, 0.29) is 12.4 Å². The number of fused-ring (bicyclic) bond motifs is 2. The van der Waals surface area contributed by atoms with Gasteiger partial charge in [-0.05, 0) is 29.0 Å². The molecule has 0 amide bonds. The van der Waals surface area contributed by atoms with Gasteiger partial charge in [0.15, 0.2) is 6.61 Å². The summed E-state index contributed by atoms with van der Waals surface area (Å²) in [5.41, 5.74) is 2.78. The van der Waals surface area contributed by atoms with Crippen LogP contribution in [-0.2, 0) is 4.74 Å². The number of esters is 1. The SMILES string of the molecule is O=C(COC(=O)c1cc(-c2ccccc2Cl)nc2ccccc12)c1cccc2ccccc12. The quantitative estimate of drug-likeness (QED) is 0.219. The molecule has 0 N–H and O–H groups in total. The molecule has 160 valence electrons. The molecule has 0 fully saturated rings. The normalized spacial score (nSPS) is 10.9. The van der Waals surface area contributed by atoms with Gasteiger partial charge in [-0.1, -0.05) is 90.5 Å². The number of ketones is 1. The number of hydrogen-bond acceptors (Lipinski definition) is 4. The van der Waals surface area contributed by atoms with Crippen molar-refractivity contribution in [1.82, 2.24) is 4.98 Å². The minimum atomic E-state index is -0.588. The van der Waals surface area contributed by atoms with Crippen LogP contribution in [0.2, 0.25) is 5.02 Å². The van der Waals surface area contributed by atoms with E-state index in [1.165, 1.54) is 0 Å². The lowest BCUT2D eigenvalue weighted by Gasteiger charge is -2.11. The summed E-state index contributed by atoms with van der Waals surface area (Å²) in [4.78, 5) is 30.6. The number of aromatic nitrogens is 1. The first kappa shape index (κ1) is 20.9. The predicted octanol–water partition coefficient (Wildman–Crippen LogP) is 6.75. The van der Waals surface area contributed by atoms with Crippen molar-refractivity contribution in [3.8, 4) is 11.3 Å². The number of ether oxygens (including phenoxy) is 1. The molecule has 5 heteroatoms. The Labute approximate surface area is 195 Å². The van der Waals surface area contributed by atoms with Gasteiger partial charge in [0.05, 0.1) is 16.8 Å². The molecular weight excluding hydrogens is 434 g/mol. The van der Waals surface area contributed by atoms with Crippen molar-refractivity contribution in [2.75, 3.05) is 6.61 Å². The van der Waals surface area contributed by atoms with Crippen molar-refractivity contribution in [2.45, 2.75) is 0 Å². The molecule has 0 aliphatic heterocycles. The second kappa shape index (κ2) is 8.85. The summed E-state index contributed by atoms with van der Waals surface area (Å²) in [5.74, 6) is -0.847. The summed E-state index contributed by atoms with van der Waals surface area (Å²) >= 11 is 6.36. The smallest absolute Gasteiger partial charge is 0.339 e. The second-order valence-electron chi connectivity index (χ2n) is 7.58. The van der Waals surface area contributed by atoms with E-state index in [1.807, 2.05) is 78.9 Å². The molecule has 0 radical (unpaired) electrons. The number of hydrogen-bond donors (Lipinski definition) is 0. The molecule has 0 atom stereocenters. The largest absolute Gasteiger partial charge is 0.454 e. The minimum Gasteiger partial charge on any atom is -0.454 e. The van der Waals surface area contributed by atoms with Gasteiger partial charge >= 0.3 is 5.97 Å². The molecule has 1 aromatic heterocycles. The maximum absolute atomic E-state index is 13.1. The fourth-order valence-corrected chi connectivity index (χ4v) is 4.14. The second-order valence-corrected chi connectivity index (χ2v) is 7.99. The summed E-state index contributed by atoms with van der Waals surface area (Å²) in [6, 6.07) is 29.4. The van der Waals surface area contributed by atoms with Crippen LogP contribution in [0.1, 0.15) is 20.7 Å². The van der Waals surface area contributed by atoms with E-state index in [0.717, 1.165) is 10.8 Å². The summed E-state index contributed by atoms with van der Waals surface area (Å²) in [7, 11) is 0. The number of carbonyl (C=O) groups is 2. The first-order valence-corrected chi connectivity index (χ1v) is 10.8. The number of halogens is 1. The summed E-state index contributed by atoms with van der Waals surface area (Å²) in [6.45, 7) is -0.356. The molecule has 5 aromatic rings. The van der Waals surface area contributed by atoms with Gasteiger partial charge in [-0.3, -0.25) is 4.79 Å². The Hall–Kier alpha value is -4.02. The molecule has 33 heavy (non-hydrogen) atoms. The maximum atomic E-state index is 13.1. The average molecular weight is 452 g/mol. The zero-order valence-electron chi connectivity index (χ0n) is 17.5. The molecule has 0 saturated heterocycles. The number of nitrogens with zero attached hydrogens (tertiary/aromatic N) is 1. The van der Waals surface area contributed by atoms with Crippen molar-refractivity contribution in [3.63, 3.8) is 0 Å². The highest BCUT2D eigenvalue weighted by Gasteiger charge is 2.18. The molecule has 0 aliphatic carbocycles. The van der Waals surface area contributed by atoms with E-state index in [0.29, 0.717) is 38.3 Å². The molecule has 0 spiro atoms. The first-order valence-electron chi connectivity index (χ1n) is 10.4. The summed E-state index contributed by atoms with van der Waals surface area (Å²) in [5, 5.41) is 2.97. The summed E-state index contributed by atoms with van der Waals surface area (Å²) < 4.78 is 5.47. The fourth-order valence-electron chi connectivity index (χ4n) is 3.91. The monoisotopic (exact) mass is 451 g/mol. The zero-order valence-corrected chi connectivity index (χ0v) is 18.3. The lowest BCUT2D eigenvalue weighted by molar-refractivity contribution is 0.0477. The number of para-hydroxylation sites is 1. The Morgan fingerprint density at radius 2 is 1.45 bits per heavy atom. The van der Waals surface area contributed by atoms with Crippen LogP contribution in [0.25, 0.3) is 32.9 Å². The van der Waals surface area contributed by atoms with Gasteiger partial charge in [-0.2, -0.15) is 0 Å².